The lowest BCUT2D eigenvalue weighted by atomic mass is 9.95. The molecule has 1 aromatic carbocycles. The Kier molecular flexibility index (Phi) is 2.97. The molecule has 1 fully saturated rings. The molecule has 0 aliphatic heterocycles. The summed E-state index contributed by atoms with van der Waals surface area (Å²) in [7, 11) is 0. The second-order valence-electron chi connectivity index (χ2n) is 4.72. The van der Waals surface area contributed by atoms with E-state index >= 15 is 0 Å². The fourth-order valence-corrected chi connectivity index (χ4v) is 1.96. The molecular formula is C13H18N2O. The number of nitrogens with one attached hydrogen (secondary N) is 1. The first kappa shape index (κ1) is 11.1. The number of carbonyl (C=O) groups excluding carboxylic acids is 1. The Balaban J connectivity index is 2.06. The molecule has 0 saturated heterocycles. The van der Waals surface area contributed by atoms with Gasteiger partial charge in [0.2, 0.25) is 0 Å². The predicted octanol–water partition coefficient (Wildman–Crippen LogP) is 1.54. The molecule has 86 valence electrons. The molecule has 0 aromatic heterocycles. The van der Waals surface area contributed by atoms with Crippen LogP contribution in [0.15, 0.2) is 30.3 Å². The van der Waals surface area contributed by atoms with E-state index < -0.39 is 0 Å². The van der Waals surface area contributed by atoms with Crippen molar-refractivity contribution in [3.8, 4) is 0 Å². The van der Waals surface area contributed by atoms with Crippen LogP contribution in [0.3, 0.4) is 0 Å². The van der Waals surface area contributed by atoms with Crippen molar-refractivity contribution >= 4 is 5.91 Å². The average molecular weight is 218 g/mol. The first-order valence-electron chi connectivity index (χ1n) is 5.73. The molecule has 0 heterocycles. The average Bonchev–Trinajstić information content (AvgIpc) is 3.14. The quantitative estimate of drug-likeness (QED) is 0.805. The minimum Gasteiger partial charge on any atom is -0.345 e. The molecule has 1 aliphatic rings. The minimum absolute atomic E-state index is 0.0274. The molecule has 0 bridgehead atoms. The molecule has 0 radical (unpaired) electrons. The highest BCUT2D eigenvalue weighted by Gasteiger charge is 2.41. The highest BCUT2D eigenvalue weighted by molar-refractivity contribution is 5.94. The highest BCUT2D eigenvalue weighted by atomic mass is 16.1. The van der Waals surface area contributed by atoms with Crippen LogP contribution in [-0.4, -0.2) is 18.0 Å². The van der Waals surface area contributed by atoms with Gasteiger partial charge in [-0.05, 0) is 37.8 Å². The second kappa shape index (κ2) is 4.26. The molecular weight excluding hydrogens is 200 g/mol. The van der Waals surface area contributed by atoms with E-state index in [1.54, 1.807) is 0 Å². The lowest BCUT2D eigenvalue weighted by Crippen LogP contribution is -2.53. The highest BCUT2D eigenvalue weighted by Crippen LogP contribution is 2.39. The summed E-state index contributed by atoms with van der Waals surface area (Å²) < 4.78 is 0. The molecule has 1 atom stereocenters. The number of amides is 1. The fraction of sp³-hybridized carbons (Fsp3) is 0.462. The summed E-state index contributed by atoms with van der Waals surface area (Å²) in [5.41, 5.74) is 6.21. The van der Waals surface area contributed by atoms with E-state index in [4.69, 9.17) is 5.73 Å². The summed E-state index contributed by atoms with van der Waals surface area (Å²) in [6.45, 7) is 2.53. The van der Waals surface area contributed by atoms with Gasteiger partial charge in [0, 0.05) is 12.1 Å². The Labute approximate surface area is 96.0 Å². The first-order valence-corrected chi connectivity index (χ1v) is 5.73. The lowest BCUT2D eigenvalue weighted by molar-refractivity contribution is 0.0898. The first-order chi connectivity index (χ1) is 7.65. The number of carbonyl (C=O) groups is 1. The molecule has 2 rings (SSSR count). The SMILES string of the molecule is CC(CN)(NC(=O)c1ccccc1)C1CC1. The number of rotatable bonds is 4. The van der Waals surface area contributed by atoms with Gasteiger partial charge < -0.3 is 11.1 Å². The van der Waals surface area contributed by atoms with Crippen LogP contribution < -0.4 is 11.1 Å². The van der Waals surface area contributed by atoms with Gasteiger partial charge in [-0.15, -0.1) is 0 Å². The molecule has 3 heteroatoms. The normalized spacial score (nSPS) is 18.9. The molecule has 1 aliphatic carbocycles. The third kappa shape index (κ3) is 2.25. The molecule has 16 heavy (non-hydrogen) atoms. The van der Waals surface area contributed by atoms with Crippen molar-refractivity contribution in [1.29, 1.82) is 0 Å². The maximum absolute atomic E-state index is 12.0. The Morgan fingerprint density at radius 2 is 2.06 bits per heavy atom. The Hall–Kier alpha value is -1.35. The van der Waals surface area contributed by atoms with Gasteiger partial charge in [0.05, 0.1) is 5.54 Å². The van der Waals surface area contributed by atoms with Crippen LogP contribution in [0.4, 0.5) is 0 Å². The number of nitrogens with two attached hydrogens (primary N) is 1. The third-order valence-electron chi connectivity index (χ3n) is 3.34. The van der Waals surface area contributed by atoms with Crippen molar-refractivity contribution in [3.63, 3.8) is 0 Å². The zero-order valence-electron chi connectivity index (χ0n) is 9.57. The van der Waals surface area contributed by atoms with Crippen LogP contribution in [0.5, 0.6) is 0 Å². The van der Waals surface area contributed by atoms with Gasteiger partial charge >= 0.3 is 0 Å². The molecule has 1 amide bonds. The zero-order chi connectivity index (χ0) is 11.6. The maximum atomic E-state index is 12.0. The van der Waals surface area contributed by atoms with Crippen LogP contribution in [-0.2, 0) is 0 Å². The van der Waals surface area contributed by atoms with E-state index in [9.17, 15) is 4.79 Å². The molecule has 1 aromatic rings. The van der Waals surface area contributed by atoms with Crippen molar-refractivity contribution in [3.05, 3.63) is 35.9 Å². The molecule has 3 nitrogen and oxygen atoms in total. The van der Waals surface area contributed by atoms with E-state index in [1.807, 2.05) is 37.3 Å². The maximum Gasteiger partial charge on any atom is 0.251 e. The second-order valence-corrected chi connectivity index (χ2v) is 4.72. The number of benzene rings is 1. The summed E-state index contributed by atoms with van der Waals surface area (Å²) >= 11 is 0. The molecule has 0 spiro atoms. The van der Waals surface area contributed by atoms with Gasteiger partial charge in [0.15, 0.2) is 0 Å². The van der Waals surface area contributed by atoms with E-state index in [0.717, 1.165) is 0 Å². The summed E-state index contributed by atoms with van der Waals surface area (Å²) in [4.78, 5) is 12.0. The number of hydrogen-bond acceptors (Lipinski definition) is 2. The van der Waals surface area contributed by atoms with Gasteiger partial charge in [-0.25, -0.2) is 0 Å². The predicted molar refractivity (Wildman–Crippen MR) is 64.1 cm³/mol. The minimum atomic E-state index is -0.243. The van der Waals surface area contributed by atoms with E-state index in [0.29, 0.717) is 18.0 Å². The van der Waals surface area contributed by atoms with Crippen molar-refractivity contribution in [2.24, 2.45) is 11.7 Å². The monoisotopic (exact) mass is 218 g/mol. The van der Waals surface area contributed by atoms with E-state index in [2.05, 4.69) is 5.32 Å². The topological polar surface area (TPSA) is 55.1 Å². The van der Waals surface area contributed by atoms with Crippen molar-refractivity contribution in [1.82, 2.24) is 5.32 Å². The molecule has 1 unspecified atom stereocenters. The van der Waals surface area contributed by atoms with Crippen molar-refractivity contribution in [2.75, 3.05) is 6.54 Å². The number of hydrogen-bond donors (Lipinski definition) is 2. The molecule has 3 N–H and O–H groups in total. The van der Waals surface area contributed by atoms with E-state index in [1.165, 1.54) is 12.8 Å². The van der Waals surface area contributed by atoms with E-state index in [-0.39, 0.29) is 11.4 Å². The summed E-state index contributed by atoms with van der Waals surface area (Å²) in [6.07, 6.45) is 2.34. The third-order valence-corrected chi connectivity index (χ3v) is 3.34. The fourth-order valence-electron chi connectivity index (χ4n) is 1.96. The van der Waals surface area contributed by atoms with Crippen LogP contribution in [0, 0.1) is 5.92 Å². The summed E-state index contributed by atoms with van der Waals surface area (Å²) in [6, 6.07) is 9.27. The van der Waals surface area contributed by atoms with Gasteiger partial charge in [-0.3, -0.25) is 4.79 Å². The summed E-state index contributed by atoms with van der Waals surface area (Å²) in [5.74, 6) is 0.519. The Bertz CT molecular complexity index is 373. The van der Waals surface area contributed by atoms with Crippen LogP contribution in [0.2, 0.25) is 0 Å². The van der Waals surface area contributed by atoms with Gasteiger partial charge in [-0.2, -0.15) is 0 Å². The van der Waals surface area contributed by atoms with Crippen LogP contribution >= 0.6 is 0 Å². The zero-order valence-corrected chi connectivity index (χ0v) is 9.57. The lowest BCUT2D eigenvalue weighted by Gasteiger charge is -2.29. The largest absolute Gasteiger partial charge is 0.345 e. The van der Waals surface area contributed by atoms with Crippen LogP contribution in [0.1, 0.15) is 30.1 Å². The van der Waals surface area contributed by atoms with Gasteiger partial charge in [0.25, 0.3) is 5.91 Å². The molecule has 1 saturated carbocycles. The summed E-state index contributed by atoms with van der Waals surface area (Å²) in [5, 5.41) is 3.06. The Morgan fingerprint density at radius 1 is 1.44 bits per heavy atom. The van der Waals surface area contributed by atoms with Crippen LogP contribution in [0.25, 0.3) is 0 Å². The Morgan fingerprint density at radius 3 is 2.56 bits per heavy atom. The standard InChI is InChI=1S/C13H18N2O/c1-13(9-14,11-7-8-11)15-12(16)10-5-3-2-4-6-10/h2-6,11H,7-9,14H2,1H3,(H,15,16). The van der Waals surface area contributed by atoms with Gasteiger partial charge in [-0.1, -0.05) is 18.2 Å². The smallest absolute Gasteiger partial charge is 0.251 e. The van der Waals surface area contributed by atoms with Crippen molar-refractivity contribution in [2.45, 2.75) is 25.3 Å². The van der Waals surface area contributed by atoms with Gasteiger partial charge in [0.1, 0.15) is 0 Å². The van der Waals surface area contributed by atoms with Crippen molar-refractivity contribution < 1.29 is 4.79 Å².